The van der Waals surface area contributed by atoms with Gasteiger partial charge in [-0.25, -0.2) is 4.79 Å². The predicted octanol–water partition coefficient (Wildman–Crippen LogP) is 4.23. The van der Waals surface area contributed by atoms with Gasteiger partial charge in [-0.15, -0.1) is 0 Å². The fourth-order valence-corrected chi connectivity index (χ4v) is 3.59. The number of aliphatic carboxylic acids is 1. The van der Waals surface area contributed by atoms with Crippen molar-refractivity contribution < 1.29 is 28.6 Å². The van der Waals surface area contributed by atoms with Crippen molar-refractivity contribution >= 4 is 22.8 Å². The monoisotopic (exact) mass is 421 g/mol. The second-order valence-electron chi connectivity index (χ2n) is 7.48. The Morgan fingerprint density at radius 3 is 2.61 bits per heavy atom. The zero-order valence-electron chi connectivity index (χ0n) is 17.3. The molecule has 31 heavy (non-hydrogen) atoms. The van der Waals surface area contributed by atoms with E-state index in [2.05, 4.69) is 5.32 Å². The Bertz CT molecular complexity index is 1140. The lowest BCUT2D eigenvalue weighted by molar-refractivity contribution is -0.139. The zero-order valence-corrected chi connectivity index (χ0v) is 17.3. The van der Waals surface area contributed by atoms with Gasteiger partial charge in [0.1, 0.15) is 23.5 Å². The molecule has 1 amide bonds. The third-order valence-corrected chi connectivity index (χ3v) is 5.29. The standard InChI is InChI=1S/C24H23NO6/c1-14-3-9-20(30-14)16-6-4-15(5-7-16)11-19(24(27)28)25-23(26)22-13-17-12-18(29-2)8-10-21(17)31-22/h3-8,10,12-13,19-20H,9,11H2,1-2H3,(H,25,26)(H,27,28). The van der Waals surface area contributed by atoms with E-state index in [4.69, 9.17) is 13.9 Å². The molecule has 0 radical (unpaired) electrons. The summed E-state index contributed by atoms with van der Waals surface area (Å²) in [6.07, 6.45) is 3.01. The fourth-order valence-electron chi connectivity index (χ4n) is 3.59. The number of amides is 1. The summed E-state index contributed by atoms with van der Waals surface area (Å²) in [7, 11) is 1.55. The first-order valence-electron chi connectivity index (χ1n) is 9.96. The van der Waals surface area contributed by atoms with E-state index in [1.165, 1.54) is 0 Å². The van der Waals surface area contributed by atoms with Crippen LogP contribution in [0.15, 0.2) is 64.8 Å². The van der Waals surface area contributed by atoms with Crippen LogP contribution < -0.4 is 10.1 Å². The second kappa shape index (κ2) is 8.55. The quantitative estimate of drug-likeness (QED) is 0.592. The number of benzene rings is 2. The molecule has 7 nitrogen and oxygen atoms in total. The van der Waals surface area contributed by atoms with Crippen LogP contribution in [0, 0.1) is 0 Å². The SMILES string of the molecule is COc1ccc2oc(C(=O)NC(Cc3ccc(C4CC=C(C)O4)cc3)C(=O)O)cc2c1. The number of nitrogens with one attached hydrogen (secondary N) is 1. The van der Waals surface area contributed by atoms with E-state index in [1.807, 2.05) is 37.3 Å². The Labute approximate surface area is 179 Å². The summed E-state index contributed by atoms with van der Waals surface area (Å²) in [4.78, 5) is 24.4. The van der Waals surface area contributed by atoms with Crippen LogP contribution in [0.1, 0.15) is 41.1 Å². The molecular formula is C24H23NO6. The molecule has 0 saturated heterocycles. The minimum absolute atomic E-state index is 0.00395. The van der Waals surface area contributed by atoms with Gasteiger partial charge in [-0.1, -0.05) is 24.3 Å². The lowest BCUT2D eigenvalue weighted by Gasteiger charge is -2.15. The van der Waals surface area contributed by atoms with Crippen LogP contribution >= 0.6 is 0 Å². The third-order valence-electron chi connectivity index (χ3n) is 5.29. The first-order valence-corrected chi connectivity index (χ1v) is 9.96. The molecule has 2 N–H and O–H groups in total. The number of furan rings is 1. The molecule has 7 heteroatoms. The molecule has 0 saturated carbocycles. The minimum Gasteiger partial charge on any atom is -0.497 e. The predicted molar refractivity (Wildman–Crippen MR) is 114 cm³/mol. The van der Waals surface area contributed by atoms with E-state index in [-0.39, 0.29) is 18.3 Å². The topological polar surface area (TPSA) is 98.0 Å². The Balaban J connectivity index is 1.44. The van der Waals surface area contributed by atoms with Crippen LogP contribution in [0.2, 0.25) is 0 Å². The number of fused-ring (bicyclic) bond motifs is 1. The summed E-state index contributed by atoms with van der Waals surface area (Å²) in [5.41, 5.74) is 2.35. The summed E-state index contributed by atoms with van der Waals surface area (Å²) < 4.78 is 16.5. The molecule has 0 bridgehead atoms. The normalized spacial score (nSPS) is 16.5. The largest absolute Gasteiger partial charge is 0.497 e. The highest BCUT2D eigenvalue weighted by Crippen LogP contribution is 2.30. The van der Waals surface area contributed by atoms with Crippen molar-refractivity contribution in [3.05, 3.63) is 77.3 Å². The van der Waals surface area contributed by atoms with Gasteiger partial charge >= 0.3 is 5.97 Å². The number of carbonyl (C=O) groups excluding carboxylic acids is 1. The lowest BCUT2D eigenvalue weighted by Crippen LogP contribution is -2.42. The summed E-state index contributed by atoms with van der Waals surface area (Å²) in [5, 5.41) is 12.9. The van der Waals surface area contributed by atoms with Gasteiger partial charge in [-0.05, 0) is 48.4 Å². The van der Waals surface area contributed by atoms with Crippen LogP contribution in [-0.2, 0) is 16.0 Å². The van der Waals surface area contributed by atoms with E-state index in [0.717, 1.165) is 23.3 Å². The van der Waals surface area contributed by atoms with Crippen molar-refractivity contribution in [2.75, 3.05) is 7.11 Å². The minimum atomic E-state index is -1.12. The summed E-state index contributed by atoms with van der Waals surface area (Å²) in [6, 6.07) is 13.2. The van der Waals surface area contributed by atoms with Gasteiger partial charge in [0.25, 0.3) is 5.91 Å². The van der Waals surface area contributed by atoms with Gasteiger partial charge in [0.15, 0.2) is 5.76 Å². The van der Waals surface area contributed by atoms with Gasteiger partial charge in [0.05, 0.1) is 12.9 Å². The number of methoxy groups -OCH3 is 1. The Kier molecular flexibility index (Phi) is 5.66. The molecule has 1 aliphatic rings. The van der Waals surface area contributed by atoms with Crippen LogP contribution in [0.5, 0.6) is 5.75 Å². The van der Waals surface area contributed by atoms with E-state index < -0.39 is 17.9 Å². The fraction of sp³-hybridized carbons (Fsp3) is 0.250. The molecule has 3 aromatic rings. The van der Waals surface area contributed by atoms with Crippen LogP contribution in [0.4, 0.5) is 0 Å². The van der Waals surface area contributed by atoms with Gasteiger partial charge in [0.2, 0.25) is 0 Å². The van der Waals surface area contributed by atoms with Gasteiger partial charge < -0.3 is 24.3 Å². The molecule has 1 aliphatic heterocycles. The maximum absolute atomic E-state index is 12.6. The molecule has 2 aromatic carbocycles. The van der Waals surface area contributed by atoms with Crippen molar-refractivity contribution in [1.82, 2.24) is 5.32 Å². The molecule has 4 rings (SSSR count). The van der Waals surface area contributed by atoms with E-state index in [9.17, 15) is 14.7 Å². The number of hydrogen-bond donors (Lipinski definition) is 2. The highest BCUT2D eigenvalue weighted by atomic mass is 16.5. The van der Waals surface area contributed by atoms with Crippen molar-refractivity contribution in [2.45, 2.75) is 31.9 Å². The number of hydrogen-bond acceptors (Lipinski definition) is 5. The molecular weight excluding hydrogens is 398 g/mol. The molecule has 2 unspecified atom stereocenters. The molecule has 2 heterocycles. The van der Waals surface area contributed by atoms with Gasteiger partial charge in [-0.3, -0.25) is 4.79 Å². The zero-order chi connectivity index (χ0) is 22.0. The maximum Gasteiger partial charge on any atom is 0.326 e. The van der Waals surface area contributed by atoms with Crippen molar-refractivity contribution in [3.63, 3.8) is 0 Å². The highest BCUT2D eigenvalue weighted by molar-refractivity contribution is 5.98. The average molecular weight is 421 g/mol. The molecule has 1 aromatic heterocycles. The van der Waals surface area contributed by atoms with Crippen LogP contribution in [0.3, 0.4) is 0 Å². The smallest absolute Gasteiger partial charge is 0.326 e. The van der Waals surface area contributed by atoms with Gasteiger partial charge in [-0.2, -0.15) is 0 Å². The Morgan fingerprint density at radius 1 is 1.19 bits per heavy atom. The van der Waals surface area contributed by atoms with Crippen molar-refractivity contribution in [1.29, 1.82) is 0 Å². The number of rotatable bonds is 7. The molecule has 160 valence electrons. The third kappa shape index (κ3) is 4.55. The van der Waals surface area contributed by atoms with Crippen molar-refractivity contribution in [3.8, 4) is 5.75 Å². The lowest BCUT2D eigenvalue weighted by atomic mass is 10.0. The summed E-state index contributed by atoms with van der Waals surface area (Å²) in [6.45, 7) is 1.92. The summed E-state index contributed by atoms with van der Waals surface area (Å²) >= 11 is 0. The highest BCUT2D eigenvalue weighted by Gasteiger charge is 2.24. The molecule has 0 spiro atoms. The first kappa shape index (κ1) is 20.5. The number of carbonyl (C=O) groups is 2. The van der Waals surface area contributed by atoms with Crippen LogP contribution in [0.25, 0.3) is 11.0 Å². The van der Waals surface area contributed by atoms with E-state index in [0.29, 0.717) is 16.7 Å². The van der Waals surface area contributed by atoms with Crippen molar-refractivity contribution in [2.24, 2.45) is 0 Å². The van der Waals surface area contributed by atoms with E-state index in [1.54, 1.807) is 31.4 Å². The number of allylic oxidation sites excluding steroid dienone is 1. The molecule has 0 fully saturated rings. The summed E-state index contributed by atoms with van der Waals surface area (Å²) in [5.74, 6) is -0.104. The number of carboxylic acid groups (broad SMARTS) is 1. The average Bonchev–Trinajstić information content (AvgIpc) is 3.39. The first-order chi connectivity index (χ1) is 14.9. The van der Waals surface area contributed by atoms with E-state index >= 15 is 0 Å². The molecule has 2 atom stereocenters. The number of ether oxygens (including phenoxy) is 2. The number of carboxylic acids is 1. The molecule has 0 aliphatic carbocycles. The van der Waals surface area contributed by atoms with Crippen LogP contribution in [-0.4, -0.2) is 30.1 Å². The maximum atomic E-state index is 12.6. The Morgan fingerprint density at radius 2 is 1.97 bits per heavy atom. The Hall–Kier alpha value is -3.74. The van der Waals surface area contributed by atoms with Gasteiger partial charge in [0, 0.05) is 18.2 Å². The second-order valence-corrected chi connectivity index (χ2v) is 7.48.